The average molecular weight is 873 g/mol. The van der Waals surface area contributed by atoms with Crippen LogP contribution >= 0.6 is 23.5 Å². The molecule has 4 atom stereocenters. The van der Waals surface area contributed by atoms with Crippen molar-refractivity contribution in [1.82, 2.24) is 40.4 Å². The van der Waals surface area contributed by atoms with E-state index in [1.54, 1.807) is 70.0 Å². The first kappa shape index (κ1) is 40.5. The van der Waals surface area contributed by atoms with E-state index in [1.165, 1.54) is 14.2 Å². The first-order valence-electron chi connectivity index (χ1n) is 19.6. The molecule has 2 saturated heterocycles. The predicted octanol–water partition coefficient (Wildman–Crippen LogP) is 7.71. The number of fused-ring (bicyclic) bond motifs is 2. The van der Waals surface area contributed by atoms with E-state index in [1.807, 2.05) is 72.8 Å². The van der Waals surface area contributed by atoms with Gasteiger partial charge in [-0.1, -0.05) is 60.7 Å². The zero-order valence-electron chi connectivity index (χ0n) is 33.4. The molecule has 4 amide bonds. The topological polar surface area (TPSA) is 193 Å². The Morgan fingerprint density at radius 1 is 0.629 bits per heavy atom. The maximum Gasteiger partial charge on any atom is 0.407 e. The second kappa shape index (κ2) is 17.6. The van der Waals surface area contributed by atoms with Crippen LogP contribution in [-0.4, -0.2) is 91.2 Å². The summed E-state index contributed by atoms with van der Waals surface area (Å²) in [5, 5.41) is 5.38. The third-order valence-corrected chi connectivity index (χ3v) is 12.8. The van der Waals surface area contributed by atoms with Crippen LogP contribution in [0.25, 0.3) is 22.5 Å². The Kier molecular flexibility index (Phi) is 11.5. The summed E-state index contributed by atoms with van der Waals surface area (Å²) in [6, 6.07) is 26.8. The summed E-state index contributed by atoms with van der Waals surface area (Å²) in [7, 11) is 2.53. The number of hydrogen-bond donors (Lipinski definition) is 4. The molecule has 0 bridgehead atoms. The molecule has 6 aromatic rings. The maximum absolute atomic E-state index is 13.9. The van der Waals surface area contributed by atoms with Crippen LogP contribution in [0.1, 0.15) is 46.9 Å². The lowest BCUT2D eigenvalue weighted by Crippen LogP contribution is -2.43. The first-order chi connectivity index (χ1) is 30.3. The van der Waals surface area contributed by atoms with Crippen molar-refractivity contribution in [3.8, 4) is 45.5 Å². The smallest absolute Gasteiger partial charge is 0.407 e. The molecule has 18 heteroatoms. The third kappa shape index (κ3) is 8.13. The molecule has 0 saturated carbocycles. The van der Waals surface area contributed by atoms with E-state index in [2.05, 4.69) is 30.6 Å². The monoisotopic (exact) mass is 872 g/mol. The second-order valence-corrected chi connectivity index (χ2v) is 16.5. The number of imidazole rings is 2. The quantitative estimate of drug-likeness (QED) is 0.105. The molecule has 0 aliphatic carbocycles. The molecule has 0 unspecified atom stereocenters. The number of nitrogens with one attached hydrogen (secondary N) is 4. The van der Waals surface area contributed by atoms with Crippen molar-refractivity contribution in [2.75, 3.05) is 37.5 Å². The molecule has 0 radical (unpaired) electrons. The number of aromatic nitrogens is 4. The summed E-state index contributed by atoms with van der Waals surface area (Å²) in [4.78, 5) is 72.0. The van der Waals surface area contributed by atoms with Crippen LogP contribution in [0.15, 0.2) is 109 Å². The van der Waals surface area contributed by atoms with Gasteiger partial charge in [0, 0.05) is 22.6 Å². The summed E-state index contributed by atoms with van der Waals surface area (Å²) < 4.78 is 22.3. The van der Waals surface area contributed by atoms with E-state index in [9.17, 15) is 19.2 Å². The number of hydrogen-bond acceptors (Lipinski definition) is 12. The summed E-state index contributed by atoms with van der Waals surface area (Å²) in [6.07, 6.45) is 2.06. The van der Waals surface area contributed by atoms with E-state index in [0.717, 1.165) is 22.5 Å². The summed E-state index contributed by atoms with van der Waals surface area (Å²) in [6.45, 7) is 0. The minimum atomic E-state index is -0.926. The van der Waals surface area contributed by atoms with Crippen molar-refractivity contribution in [2.45, 2.75) is 24.2 Å². The molecule has 0 spiro atoms. The number of ether oxygens (including phenoxy) is 4. The Morgan fingerprint density at radius 2 is 1.05 bits per heavy atom. The minimum absolute atomic E-state index is 0.265. The Balaban J connectivity index is 0.884. The standard InChI is InChI=1S/C44H40N8O8S2/c1-57-43(55)49-37(25-9-5-3-6-10-25)41(53)51-23-61-21-31(51)39-45-19-29(47-39)27-13-15-33-35(17-27)59-34-16-14-28(18-36(34)60-33)30-20-46-40(48-30)32-22-62-24-52(32)42(54)38(50-44(56)58-2)26-11-7-4-8-12-26/h3-20,31-32,37-38H,21-24H2,1-2H3,(H,45,47)(H,46,48)(H,49,55)(H,50,56)/t31-,32-,37+,38+/m0/s1. The van der Waals surface area contributed by atoms with E-state index in [-0.39, 0.29) is 23.9 Å². The highest BCUT2D eigenvalue weighted by Crippen LogP contribution is 2.48. The van der Waals surface area contributed by atoms with Crippen molar-refractivity contribution in [2.24, 2.45) is 0 Å². The van der Waals surface area contributed by atoms with Gasteiger partial charge in [-0.2, -0.15) is 0 Å². The van der Waals surface area contributed by atoms with Gasteiger partial charge in [-0.25, -0.2) is 19.6 Å². The van der Waals surface area contributed by atoms with Gasteiger partial charge in [0.05, 0.1) is 61.8 Å². The highest BCUT2D eigenvalue weighted by molar-refractivity contribution is 7.99. The molecular weight excluding hydrogens is 833 g/mol. The fraction of sp³-hybridized carbons (Fsp3) is 0.227. The molecule has 3 aliphatic rings. The van der Waals surface area contributed by atoms with Gasteiger partial charge in [0.25, 0.3) is 11.8 Å². The van der Waals surface area contributed by atoms with Gasteiger partial charge in [0.1, 0.15) is 23.7 Å². The average Bonchev–Trinajstić information content (AvgIpc) is 4.16. The van der Waals surface area contributed by atoms with Crippen LogP contribution in [0.5, 0.6) is 23.0 Å². The van der Waals surface area contributed by atoms with Gasteiger partial charge < -0.3 is 49.3 Å². The van der Waals surface area contributed by atoms with E-state index in [0.29, 0.717) is 69.0 Å². The van der Waals surface area contributed by atoms with Crippen molar-refractivity contribution in [1.29, 1.82) is 0 Å². The maximum atomic E-state index is 13.9. The number of carbonyl (C=O) groups is 4. The summed E-state index contributed by atoms with van der Waals surface area (Å²) in [5.74, 6) is 4.94. The largest absolute Gasteiger partial charge is 0.453 e. The van der Waals surface area contributed by atoms with Gasteiger partial charge >= 0.3 is 12.2 Å². The molecular formula is C44H40N8O8S2. The number of nitrogens with zero attached hydrogens (tertiary/aromatic N) is 4. The number of rotatable bonds is 10. The van der Waals surface area contributed by atoms with Gasteiger partial charge in [-0.15, -0.1) is 23.5 Å². The molecule has 62 heavy (non-hydrogen) atoms. The lowest BCUT2D eigenvalue weighted by molar-refractivity contribution is -0.134. The third-order valence-electron chi connectivity index (χ3n) is 10.8. The number of carbonyl (C=O) groups excluding carboxylic acids is 4. The van der Waals surface area contributed by atoms with Crippen LogP contribution in [0.4, 0.5) is 9.59 Å². The fourth-order valence-electron chi connectivity index (χ4n) is 7.55. The first-order valence-corrected chi connectivity index (χ1v) is 21.9. The lowest BCUT2D eigenvalue weighted by atomic mass is 10.1. The molecule has 316 valence electrons. The molecule has 16 nitrogen and oxygen atoms in total. The van der Waals surface area contributed by atoms with Crippen molar-refractivity contribution in [3.63, 3.8) is 0 Å². The minimum Gasteiger partial charge on any atom is -0.453 e. The fourth-order valence-corrected chi connectivity index (χ4v) is 9.89. The number of thioether (sulfide) groups is 2. The lowest BCUT2D eigenvalue weighted by Gasteiger charge is -2.27. The zero-order valence-corrected chi connectivity index (χ0v) is 35.0. The van der Waals surface area contributed by atoms with Gasteiger partial charge in [-0.3, -0.25) is 9.59 Å². The van der Waals surface area contributed by atoms with E-state index in [4.69, 9.17) is 18.9 Å². The molecule has 9 rings (SSSR count). The van der Waals surface area contributed by atoms with Crippen LogP contribution < -0.4 is 20.1 Å². The number of alkyl carbamates (subject to hydrolysis) is 2. The van der Waals surface area contributed by atoms with Crippen LogP contribution in [0.2, 0.25) is 0 Å². The van der Waals surface area contributed by atoms with Crippen molar-refractivity contribution >= 4 is 47.5 Å². The molecule has 3 aliphatic heterocycles. The van der Waals surface area contributed by atoms with E-state index >= 15 is 0 Å². The Labute approximate surface area is 364 Å². The van der Waals surface area contributed by atoms with Crippen molar-refractivity contribution < 1.29 is 38.1 Å². The van der Waals surface area contributed by atoms with Crippen LogP contribution in [-0.2, 0) is 19.1 Å². The number of H-pyrrole nitrogens is 2. The predicted molar refractivity (Wildman–Crippen MR) is 231 cm³/mol. The Morgan fingerprint density at radius 3 is 1.45 bits per heavy atom. The van der Waals surface area contributed by atoms with Crippen molar-refractivity contribution in [3.05, 3.63) is 132 Å². The normalized spacial score (nSPS) is 17.5. The highest BCUT2D eigenvalue weighted by Gasteiger charge is 2.39. The molecule has 4 N–H and O–H groups in total. The van der Waals surface area contributed by atoms with E-state index < -0.39 is 24.3 Å². The number of amides is 4. The Hall–Kier alpha value is -6.92. The van der Waals surface area contributed by atoms with Gasteiger partial charge in [0.15, 0.2) is 23.0 Å². The number of benzene rings is 4. The highest BCUT2D eigenvalue weighted by atomic mass is 32.2. The molecule has 5 heterocycles. The summed E-state index contributed by atoms with van der Waals surface area (Å²) in [5.41, 5.74) is 4.38. The second-order valence-electron chi connectivity index (χ2n) is 14.5. The summed E-state index contributed by atoms with van der Waals surface area (Å²) >= 11 is 3.21. The SMILES string of the molecule is COC(=O)N[C@@H](C(=O)N1CSC[C@H]1c1ncc(-c2ccc3c(c2)Oc2ccc(-c4cnc([C@@H]5CSCN5C(=O)[C@H](NC(=O)OC)c5ccccc5)[nH]4)cc2O3)[nH]1)c1ccccc1. The molecule has 2 fully saturated rings. The zero-order chi connectivity index (χ0) is 42.7. The number of aromatic amines is 2. The van der Waals surface area contributed by atoms with Gasteiger partial charge in [-0.05, 0) is 47.5 Å². The number of methoxy groups -OCH3 is 2. The van der Waals surface area contributed by atoms with Crippen LogP contribution in [0, 0.1) is 0 Å². The van der Waals surface area contributed by atoms with Crippen LogP contribution in [0.3, 0.4) is 0 Å². The van der Waals surface area contributed by atoms with Gasteiger partial charge in [0.2, 0.25) is 0 Å². The molecule has 4 aromatic carbocycles. The Bertz CT molecular complexity index is 2450. The molecule has 2 aromatic heterocycles.